The highest BCUT2D eigenvalue weighted by Gasteiger charge is 2.14. The second kappa shape index (κ2) is 5.24. The summed E-state index contributed by atoms with van der Waals surface area (Å²) < 4.78 is 0. The standard InChI is InChI=1S/C14H23NS/c1-10(15)11(2)16-13-8-6-12(7-9-13)14(3,4)5/h6-11H,15H2,1-5H3. The van der Waals surface area contributed by atoms with Gasteiger partial charge in [0.1, 0.15) is 0 Å². The molecular weight excluding hydrogens is 214 g/mol. The van der Waals surface area contributed by atoms with Gasteiger partial charge in [-0.3, -0.25) is 0 Å². The third kappa shape index (κ3) is 3.84. The number of hydrogen-bond donors (Lipinski definition) is 1. The first-order valence-electron chi connectivity index (χ1n) is 5.83. The highest BCUT2D eigenvalue weighted by atomic mass is 32.2. The molecule has 2 heteroatoms. The van der Waals surface area contributed by atoms with Gasteiger partial charge in [0.05, 0.1) is 0 Å². The van der Waals surface area contributed by atoms with Crippen molar-refractivity contribution in [1.82, 2.24) is 0 Å². The van der Waals surface area contributed by atoms with E-state index < -0.39 is 0 Å². The van der Waals surface area contributed by atoms with Crippen LogP contribution in [0.15, 0.2) is 29.2 Å². The molecule has 0 aromatic heterocycles. The van der Waals surface area contributed by atoms with Gasteiger partial charge in [-0.05, 0) is 30.0 Å². The fourth-order valence-electron chi connectivity index (χ4n) is 1.36. The SMILES string of the molecule is CC(N)C(C)Sc1ccc(C(C)(C)C)cc1. The predicted molar refractivity (Wildman–Crippen MR) is 74.1 cm³/mol. The minimum atomic E-state index is 0.229. The average molecular weight is 237 g/mol. The van der Waals surface area contributed by atoms with Gasteiger partial charge in [0, 0.05) is 16.2 Å². The van der Waals surface area contributed by atoms with E-state index in [-0.39, 0.29) is 11.5 Å². The number of benzene rings is 1. The molecule has 1 aromatic carbocycles. The highest BCUT2D eigenvalue weighted by molar-refractivity contribution is 8.00. The lowest BCUT2D eigenvalue weighted by Crippen LogP contribution is -2.26. The third-order valence-electron chi connectivity index (χ3n) is 2.78. The Morgan fingerprint density at radius 2 is 1.56 bits per heavy atom. The summed E-state index contributed by atoms with van der Waals surface area (Å²) in [5.41, 5.74) is 7.47. The lowest BCUT2D eigenvalue weighted by Gasteiger charge is -2.20. The van der Waals surface area contributed by atoms with Crippen LogP contribution in [0.3, 0.4) is 0 Å². The molecule has 0 heterocycles. The Hall–Kier alpha value is -0.470. The molecule has 2 N–H and O–H groups in total. The van der Waals surface area contributed by atoms with Crippen molar-refractivity contribution in [2.75, 3.05) is 0 Å². The Labute approximate surface area is 104 Å². The first-order chi connectivity index (χ1) is 7.30. The Kier molecular flexibility index (Phi) is 4.45. The number of hydrogen-bond acceptors (Lipinski definition) is 2. The van der Waals surface area contributed by atoms with Crippen LogP contribution in [0.1, 0.15) is 40.2 Å². The van der Waals surface area contributed by atoms with Crippen molar-refractivity contribution < 1.29 is 0 Å². The van der Waals surface area contributed by atoms with Crippen LogP contribution < -0.4 is 5.73 Å². The van der Waals surface area contributed by atoms with Crippen LogP contribution >= 0.6 is 11.8 Å². The quantitative estimate of drug-likeness (QED) is 0.809. The van der Waals surface area contributed by atoms with Gasteiger partial charge in [0.15, 0.2) is 0 Å². The van der Waals surface area contributed by atoms with E-state index in [9.17, 15) is 0 Å². The Morgan fingerprint density at radius 3 is 1.94 bits per heavy atom. The minimum Gasteiger partial charge on any atom is -0.327 e. The predicted octanol–water partition coefficient (Wildman–Crippen LogP) is 3.81. The van der Waals surface area contributed by atoms with E-state index in [1.54, 1.807) is 0 Å². The van der Waals surface area contributed by atoms with Gasteiger partial charge in [-0.25, -0.2) is 0 Å². The smallest absolute Gasteiger partial charge is 0.0215 e. The zero-order chi connectivity index (χ0) is 12.3. The molecule has 0 aliphatic heterocycles. The Balaban J connectivity index is 2.72. The lowest BCUT2D eigenvalue weighted by molar-refractivity contribution is 0.589. The van der Waals surface area contributed by atoms with Crippen LogP contribution in [0.5, 0.6) is 0 Å². The molecule has 0 saturated heterocycles. The first kappa shape index (κ1) is 13.6. The molecule has 90 valence electrons. The molecule has 0 saturated carbocycles. The maximum atomic E-state index is 5.86. The van der Waals surface area contributed by atoms with E-state index in [1.807, 2.05) is 11.8 Å². The first-order valence-corrected chi connectivity index (χ1v) is 6.71. The molecule has 16 heavy (non-hydrogen) atoms. The zero-order valence-electron chi connectivity index (χ0n) is 10.9. The summed E-state index contributed by atoms with van der Waals surface area (Å²) in [5, 5.41) is 0.459. The summed E-state index contributed by atoms with van der Waals surface area (Å²) in [6, 6.07) is 9.06. The molecule has 0 aliphatic carbocycles. The van der Waals surface area contributed by atoms with Crippen LogP contribution in [0, 0.1) is 0 Å². The van der Waals surface area contributed by atoms with Crippen molar-refractivity contribution in [2.45, 2.75) is 56.2 Å². The number of thioether (sulfide) groups is 1. The fraction of sp³-hybridized carbons (Fsp3) is 0.571. The molecule has 0 aliphatic rings. The fourth-order valence-corrected chi connectivity index (χ4v) is 2.29. The lowest BCUT2D eigenvalue weighted by atomic mass is 9.87. The van der Waals surface area contributed by atoms with Gasteiger partial charge in [-0.15, -0.1) is 11.8 Å². The van der Waals surface area contributed by atoms with Gasteiger partial charge in [0.2, 0.25) is 0 Å². The van der Waals surface area contributed by atoms with E-state index in [4.69, 9.17) is 5.73 Å². The summed E-state index contributed by atoms with van der Waals surface area (Å²) in [6.07, 6.45) is 0. The van der Waals surface area contributed by atoms with Crippen LogP contribution in [0.2, 0.25) is 0 Å². The number of nitrogens with two attached hydrogens (primary N) is 1. The topological polar surface area (TPSA) is 26.0 Å². The second-order valence-corrected chi connectivity index (χ2v) is 6.91. The largest absolute Gasteiger partial charge is 0.327 e. The average Bonchev–Trinajstić information content (AvgIpc) is 2.17. The number of rotatable bonds is 3. The molecule has 1 rings (SSSR count). The van der Waals surface area contributed by atoms with Crippen LogP contribution in [0.25, 0.3) is 0 Å². The molecule has 1 aromatic rings. The molecule has 0 fully saturated rings. The highest BCUT2D eigenvalue weighted by Crippen LogP contribution is 2.28. The van der Waals surface area contributed by atoms with Gasteiger partial charge in [-0.1, -0.05) is 39.8 Å². The molecular formula is C14H23NS. The van der Waals surface area contributed by atoms with Crippen molar-refractivity contribution >= 4 is 11.8 Å². The maximum Gasteiger partial charge on any atom is 0.0215 e. The summed E-state index contributed by atoms with van der Waals surface area (Å²) in [6.45, 7) is 10.9. The van der Waals surface area contributed by atoms with Crippen LogP contribution in [-0.2, 0) is 5.41 Å². The van der Waals surface area contributed by atoms with Crippen LogP contribution in [-0.4, -0.2) is 11.3 Å². The molecule has 0 bridgehead atoms. The summed E-state index contributed by atoms with van der Waals surface area (Å²) in [5.74, 6) is 0. The summed E-state index contributed by atoms with van der Waals surface area (Å²) >= 11 is 1.85. The van der Waals surface area contributed by atoms with E-state index in [0.717, 1.165) is 0 Å². The summed E-state index contributed by atoms with van der Waals surface area (Å²) in [4.78, 5) is 1.30. The van der Waals surface area contributed by atoms with E-state index in [2.05, 4.69) is 58.9 Å². The van der Waals surface area contributed by atoms with Crippen molar-refractivity contribution in [3.63, 3.8) is 0 Å². The monoisotopic (exact) mass is 237 g/mol. The van der Waals surface area contributed by atoms with Gasteiger partial charge in [0.25, 0.3) is 0 Å². The Bertz CT molecular complexity index is 322. The minimum absolute atomic E-state index is 0.229. The van der Waals surface area contributed by atoms with E-state index in [0.29, 0.717) is 5.25 Å². The van der Waals surface area contributed by atoms with Crippen molar-refractivity contribution in [3.8, 4) is 0 Å². The molecule has 0 spiro atoms. The molecule has 2 atom stereocenters. The zero-order valence-corrected chi connectivity index (χ0v) is 11.8. The van der Waals surface area contributed by atoms with E-state index >= 15 is 0 Å². The van der Waals surface area contributed by atoms with Crippen molar-refractivity contribution in [2.24, 2.45) is 5.73 Å². The van der Waals surface area contributed by atoms with Crippen molar-refractivity contribution in [1.29, 1.82) is 0 Å². The molecule has 2 unspecified atom stereocenters. The summed E-state index contributed by atoms with van der Waals surface area (Å²) in [7, 11) is 0. The molecule has 0 amide bonds. The van der Waals surface area contributed by atoms with Crippen molar-refractivity contribution in [3.05, 3.63) is 29.8 Å². The van der Waals surface area contributed by atoms with Gasteiger partial charge < -0.3 is 5.73 Å². The Morgan fingerprint density at radius 1 is 1.06 bits per heavy atom. The van der Waals surface area contributed by atoms with Crippen LogP contribution in [0.4, 0.5) is 0 Å². The van der Waals surface area contributed by atoms with E-state index in [1.165, 1.54) is 10.5 Å². The van der Waals surface area contributed by atoms with Gasteiger partial charge in [-0.2, -0.15) is 0 Å². The third-order valence-corrected chi connectivity index (χ3v) is 4.13. The van der Waals surface area contributed by atoms with Gasteiger partial charge >= 0.3 is 0 Å². The molecule has 0 radical (unpaired) electrons. The maximum absolute atomic E-state index is 5.86. The second-order valence-electron chi connectivity index (χ2n) is 5.46. The normalized spacial score (nSPS) is 15.9. The molecule has 1 nitrogen and oxygen atoms in total.